The van der Waals surface area contributed by atoms with Gasteiger partial charge in [0.2, 0.25) is 5.91 Å². The number of carbonyl (C=O) groups is 1. The Morgan fingerprint density at radius 2 is 2.05 bits per heavy atom. The lowest BCUT2D eigenvalue weighted by Gasteiger charge is -2.07. The molecule has 0 aliphatic rings. The summed E-state index contributed by atoms with van der Waals surface area (Å²) >= 11 is 1.13. The van der Waals surface area contributed by atoms with Gasteiger partial charge in [0.1, 0.15) is 6.54 Å². The van der Waals surface area contributed by atoms with Crippen LogP contribution in [0, 0.1) is 22.9 Å². The van der Waals surface area contributed by atoms with Crippen LogP contribution in [0.2, 0.25) is 0 Å². The molecule has 0 unspecified atom stereocenters. The van der Waals surface area contributed by atoms with Gasteiger partial charge in [0.15, 0.2) is 22.3 Å². The zero-order valence-corrected chi connectivity index (χ0v) is 10.2. The lowest BCUT2D eigenvalue weighted by molar-refractivity contribution is -0.116. The van der Waals surface area contributed by atoms with Gasteiger partial charge >= 0.3 is 0 Å². The molecule has 0 bridgehead atoms. The number of amides is 1. The minimum Gasteiger partial charge on any atom is -0.322 e. The predicted molar refractivity (Wildman–Crippen MR) is 63.1 cm³/mol. The van der Waals surface area contributed by atoms with Crippen LogP contribution < -0.4 is 10.1 Å². The summed E-state index contributed by atoms with van der Waals surface area (Å²) in [5.74, 6) is -5.05. The van der Waals surface area contributed by atoms with E-state index in [4.69, 9.17) is 5.41 Å². The van der Waals surface area contributed by atoms with Crippen molar-refractivity contribution in [1.82, 2.24) is 4.57 Å². The molecule has 1 aromatic carbocycles. The highest BCUT2D eigenvalue weighted by molar-refractivity contribution is 7.06. The SMILES string of the molecule is N=c1sccn1CC(=O)Nc1ccc(F)c(F)c1F. The molecule has 1 heterocycles. The summed E-state index contributed by atoms with van der Waals surface area (Å²) in [7, 11) is 0. The average molecular weight is 287 g/mol. The highest BCUT2D eigenvalue weighted by Crippen LogP contribution is 2.19. The Hall–Kier alpha value is -2.09. The van der Waals surface area contributed by atoms with Gasteiger partial charge in [0.25, 0.3) is 0 Å². The van der Waals surface area contributed by atoms with Crippen LogP contribution in [0.4, 0.5) is 18.9 Å². The number of nitrogens with one attached hydrogen (secondary N) is 2. The Morgan fingerprint density at radius 1 is 1.32 bits per heavy atom. The quantitative estimate of drug-likeness (QED) is 0.834. The van der Waals surface area contributed by atoms with Gasteiger partial charge in [-0.3, -0.25) is 10.2 Å². The molecule has 0 radical (unpaired) electrons. The maximum absolute atomic E-state index is 13.3. The summed E-state index contributed by atoms with van der Waals surface area (Å²) in [5.41, 5.74) is -0.439. The molecule has 1 amide bonds. The zero-order chi connectivity index (χ0) is 14.0. The van der Waals surface area contributed by atoms with Gasteiger partial charge in [-0.2, -0.15) is 0 Å². The Bertz CT molecular complexity index is 680. The minimum absolute atomic E-state index is 0.154. The Balaban J connectivity index is 2.14. The highest BCUT2D eigenvalue weighted by atomic mass is 32.1. The lowest BCUT2D eigenvalue weighted by Crippen LogP contribution is -2.24. The van der Waals surface area contributed by atoms with E-state index >= 15 is 0 Å². The second-order valence-electron chi connectivity index (χ2n) is 3.61. The number of aromatic nitrogens is 1. The number of anilines is 1. The molecule has 8 heteroatoms. The molecule has 0 saturated carbocycles. The van der Waals surface area contributed by atoms with Gasteiger partial charge in [-0.15, -0.1) is 11.3 Å². The second kappa shape index (κ2) is 5.27. The third-order valence-corrected chi connectivity index (χ3v) is 3.02. The summed E-state index contributed by atoms with van der Waals surface area (Å²) in [6.07, 6.45) is 1.52. The lowest BCUT2D eigenvalue weighted by atomic mass is 10.2. The fourth-order valence-corrected chi connectivity index (χ4v) is 1.99. The van der Waals surface area contributed by atoms with Crippen LogP contribution in [-0.4, -0.2) is 10.5 Å². The van der Waals surface area contributed by atoms with Crippen LogP contribution in [0.15, 0.2) is 23.7 Å². The molecule has 0 fully saturated rings. The van der Waals surface area contributed by atoms with Crippen molar-refractivity contribution in [3.63, 3.8) is 0 Å². The molecular formula is C11H8F3N3OS. The molecule has 2 N–H and O–H groups in total. The summed E-state index contributed by atoms with van der Waals surface area (Å²) in [5, 5.41) is 11.2. The maximum atomic E-state index is 13.3. The van der Waals surface area contributed by atoms with Crippen molar-refractivity contribution in [1.29, 1.82) is 5.41 Å². The molecule has 0 aliphatic heterocycles. The van der Waals surface area contributed by atoms with E-state index in [1.165, 1.54) is 10.8 Å². The molecular weight excluding hydrogens is 279 g/mol. The summed E-state index contributed by atoms with van der Waals surface area (Å²) in [6.45, 7) is -0.208. The topological polar surface area (TPSA) is 57.9 Å². The smallest absolute Gasteiger partial charge is 0.244 e. The predicted octanol–water partition coefficient (Wildman–Crippen LogP) is 2.09. The number of hydrogen-bond acceptors (Lipinski definition) is 3. The first-order valence-electron chi connectivity index (χ1n) is 5.11. The minimum atomic E-state index is -1.64. The molecule has 19 heavy (non-hydrogen) atoms. The van der Waals surface area contributed by atoms with E-state index in [0.29, 0.717) is 0 Å². The molecule has 2 aromatic rings. The van der Waals surface area contributed by atoms with Crippen molar-refractivity contribution in [3.8, 4) is 0 Å². The van der Waals surface area contributed by atoms with Crippen LogP contribution >= 0.6 is 11.3 Å². The van der Waals surface area contributed by atoms with Crippen LogP contribution in [-0.2, 0) is 11.3 Å². The molecule has 1 aromatic heterocycles. The second-order valence-corrected chi connectivity index (χ2v) is 4.50. The van der Waals surface area contributed by atoms with Crippen molar-refractivity contribution in [3.05, 3.63) is 46.0 Å². The fraction of sp³-hybridized carbons (Fsp3) is 0.0909. The number of halogens is 3. The first-order valence-corrected chi connectivity index (χ1v) is 5.99. The zero-order valence-electron chi connectivity index (χ0n) is 9.41. The standard InChI is InChI=1S/C11H8F3N3OS/c12-6-1-2-7(10(14)9(6)13)16-8(18)5-17-3-4-19-11(17)15/h1-4,15H,5H2,(H,16,18). The van der Waals surface area contributed by atoms with E-state index in [2.05, 4.69) is 5.32 Å². The van der Waals surface area contributed by atoms with E-state index in [9.17, 15) is 18.0 Å². The van der Waals surface area contributed by atoms with E-state index in [-0.39, 0.29) is 11.3 Å². The molecule has 0 spiro atoms. The molecule has 0 aliphatic carbocycles. The van der Waals surface area contributed by atoms with E-state index in [1.807, 2.05) is 0 Å². The largest absolute Gasteiger partial charge is 0.322 e. The monoisotopic (exact) mass is 287 g/mol. The van der Waals surface area contributed by atoms with Gasteiger partial charge in [-0.1, -0.05) is 0 Å². The van der Waals surface area contributed by atoms with Gasteiger partial charge in [-0.25, -0.2) is 13.2 Å². The number of rotatable bonds is 3. The number of nitrogens with zero attached hydrogens (tertiary/aromatic N) is 1. The van der Waals surface area contributed by atoms with Crippen molar-refractivity contribution in [2.75, 3.05) is 5.32 Å². The molecule has 2 rings (SSSR count). The third kappa shape index (κ3) is 2.84. The Morgan fingerprint density at radius 3 is 2.68 bits per heavy atom. The average Bonchev–Trinajstić information content (AvgIpc) is 2.76. The highest BCUT2D eigenvalue weighted by Gasteiger charge is 2.15. The van der Waals surface area contributed by atoms with Gasteiger partial charge in [-0.05, 0) is 12.1 Å². The number of thiazole rings is 1. The maximum Gasteiger partial charge on any atom is 0.244 e. The summed E-state index contributed by atoms with van der Waals surface area (Å²) in [6, 6.07) is 1.66. The molecule has 0 saturated heterocycles. The van der Waals surface area contributed by atoms with E-state index in [1.54, 1.807) is 5.38 Å². The third-order valence-electron chi connectivity index (χ3n) is 2.30. The van der Waals surface area contributed by atoms with Crippen LogP contribution in [0.1, 0.15) is 0 Å². The Labute approximate surface area is 109 Å². The van der Waals surface area contributed by atoms with Crippen molar-refractivity contribution < 1.29 is 18.0 Å². The van der Waals surface area contributed by atoms with Gasteiger partial charge in [0, 0.05) is 11.6 Å². The van der Waals surface area contributed by atoms with Crippen LogP contribution in [0.5, 0.6) is 0 Å². The summed E-state index contributed by atoms with van der Waals surface area (Å²) < 4.78 is 40.3. The number of carbonyl (C=O) groups excluding carboxylic acids is 1. The van der Waals surface area contributed by atoms with E-state index in [0.717, 1.165) is 23.5 Å². The fourth-order valence-electron chi connectivity index (χ4n) is 1.40. The van der Waals surface area contributed by atoms with Gasteiger partial charge in [0.05, 0.1) is 5.69 Å². The normalized spacial score (nSPS) is 10.5. The number of hydrogen-bond donors (Lipinski definition) is 2. The molecule has 4 nitrogen and oxygen atoms in total. The molecule has 0 atom stereocenters. The first kappa shape index (κ1) is 13.3. The number of benzene rings is 1. The molecule has 100 valence electrons. The Kier molecular flexibility index (Phi) is 3.70. The van der Waals surface area contributed by atoms with Crippen molar-refractivity contribution in [2.24, 2.45) is 0 Å². The van der Waals surface area contributed by atoms with Crippen LogP contribution in [0.3, 0.4) is 0 Å². The van der Waals surface area contributed by atoms with Crippen LogP contribution in [0.25, 0.3) is 0 Å². The first-order chi connectivity index (χ1) is 8.99. The van der Waals surface area contributed by atoms with Crippen molar-refractivity contribution in [2.45, 2.75) is 6.54 Å². The van der Waals surface area contributed by atoms with Gasteiger partial charge < -0.3 is 9.88 Å². The van der Waals surface area contributed by atoms with E-state index < -0.39 is 29.0 Å². The van der Waals surface area contributed by atoms with Crippen molar-refractivity contribution >= 4 is 22.9 Å². The summed E-state index contributed by atoms with van der Waals surface area (Å²) in [4.78, 5) is 11.7.